The summed E-state index contributed by atoms with van der Waals surface area (Å²) < 4.78 is 13.7. The van der Waals surface area contributed by atoms with Crippen LogP contribution in [-0.2, 0) is 6.54 Å². The first kappa shape index (κ1) is 14.1. The lowest BCUT2D eigenvalue weighted by molar-refractivity contribution is 0.255. The average molecular weight is 290 g/mol. The molecule has 0 bridgehead atoms. The molecule has 0 aromatic heterocycles. The number of hydrogen-bond acceptors (Lipinski definition) is 1. The quantitative estimate of drug-likeness (QED) is 0.804. The molecule has 0 unspecified atom stereocenters. The van der Waals surface area contributed by atoms with Crippen LogP contribution >= 0.6 is 23.2 Å². The van der Waals surface area contributed by atoms with Crippen LogP contribution in [0.3, 0.4) is 0 Å². The van der Waals surface area contributed by atoms with Gasteiger partial charge in [0.2, 0.25) is 0 Å². The Bertz CT molecular complexity index is 383. The van der Waals surface area contributed by atoms with Gasteiger partial charge in [-0.1, -0.05) is 36.9 Å². The zero-order valence-corrected chi connectivity index (χ0v) is 11.8. The first-order chi connectivity index (χ1) is 8.67. The lowest BCUT2D eigenvalue weighted by Gasteiger charge is -2.36. The average Bonchev–Trinajstić information content (AvgIpc) is 2.39. The van der Waals surface area contributed by atoms with E-state index in [9.17, 15) is 4.39 Å². The molecule has 1 aliphatic carbocycles. The minimum absolute atomic E-state index is 0.0502. The molecule has 1 N–H and O–H groups in total. The summed E-state index contributed by atoms with van der Waals surface area (Å²) in [7, 11) is 0. The maximum Gasteiger partial charge on any atom is 0.129 e. The van der Waals surface area contributed by atoms with E-state index in [1.807, 2.05) is 0 Å². The molecule has 100 valence electrons. The molecular weight excluding hydrogens is 272 g/mol. The lowest BCUT2D eigenvalue weighted by atomic mass is 9.83. The highest BCUT2D eigenvalue weighted by Gasteiger charge is 2.30. The monoisotopic (exact) mass is 289 g/mol. The zero-order valence-electron chi connectivity index (χ0n) is 10.3. The smallest absolute Gasteiger partial charge is 0.129 e. The van der Waals surface area contributed by atoms with Gasteiger partial charge in [0.1, 0.15) is 5.82 Å². The second kappa shape index (κ2) is 6.23. The molecule has 1 aliphatic rings. The van der Waals surface area contributed by atoms with Crippen molar-refractivity contribution in [3.05, 3.63) is 34.6 Å². The number of nitrogens with one attached hydrogen (secondary N) is 1. The Hall–Kier alpha value is -0.310. The van der Waals surface area contributed by atoms with Gasteiger partial charge in [-0.2, -0.15) is 0 Å². The fraction of sp³-hybridized carbons (Fsp3) is 0.571. The normalized spacial score (nSPS) is 18.8. The van der Waals surface area contributed by atoms with Crippen LogP contribution < -0.4 is 5.32 Å². The van der Waals surface area contributed by atoms with Crippen molar-refractivity contribution in [2.75, 3.05) is 5.88 Å². The van der Waals surface area contributed by atoms with Crippen LogP contribution in [0.1, 0.15) is 37.7 Å². The van der Waals surface area contributed by atoms with Crippen LogP contribution in [0.25, 0.3) is 0 Å². The molecule has 1 aromatic rings. The largest absolute Gasteiger partial charge is 0.306 e. The fourth-order valence-corrected chi connectivity index (χ4v) is 3.15. The summed E-state index contributed by atoms with van der Waals surface area (Å²) in [5.41, 5.74) is 0.486. The van der Waals surface area contributed by atoms with Gasteiger partial charge >= 0.3 is 0 Å². The van der Waals surface area contributed by atoms with Crippen molar-refractivity contribution in [2.24, 2.45) is 0 Å². The van der Waals surface area contributed by atoms with Crippen molar-refractivity contribution in [1.29, 1.82) is 0 Å². The molecule has 2 rings (SSSR count). The van der Waals surface area contributed by atoms with Crippen molar-refractivity contribution in [3.63, 3.8) is 0 Å². The molecule has 1 saturated carbocycles. The molecule has 0 atom stereocenters. The second-order valence-electron chi connectivity index (χ2n) is 5.03. The van der Waals surface area contributed by atoms with Crippen LogP contribution in [0.5, 0.6) is 0 Å². The predicted molar refractivity (Wildman–Crippen MR) is 74.8 cm³/mol. The molecular formula is C14H18Cl2FN. The van der Waals surface area contributed by atoms with Gasteiger partial charge in [-0.05, 0) is 25.0 Å². The van der Waals surface area contributed by atoms with Crippen molar-refractivity contribution in [2.45, 2.75) is 44.2 Å². The van der Waals surface area contributed by atoms with Crippen molar-refractivity contribution < 1.29 is 4.39 Å². The summed E-state index contributed by atoms with van der Waals surface area (Å²) in [6.07, 6.45) is 5.75. The van der Waals surface area contributed by atoms with Gasteiger partial charge in [-0.3, -0.25) is 0 Å². The van der Waals surface area contributed by atoms with Gasteiger partial charge in [0.15, 0.2) is 0 Å². The number of halogens is 3. The van der Waals surface area contributed by atoms with Crippen LogP contribution in [0.2, 0.25) is 5.02 Å². The molecule has 0 saturated heterocycles. The number of benzene rings is 1. The fourth-order valence-electron chi connectivity index (χ4n) is 2.56. The highest BCUT2D eigenvalue weighted by molar-refractivity contribution is 6.31. The number of hydrogen-bond donors (Lipinski definition) is 1. The summed E-state index contributed by atoms with van der Waals surface area (Å²) in [5, 5.41) is 3.90. The van der Waals surface area contributed by atoms with Crippen LogP contribution in [-0.4, -0.2) is 11.4 Å². The molecule has 18 heavy (non-hydrogen) atoms. The maximum absolute atomic E-state index is 13.7. The van der Waals surface area contributed by atoms with E-state index < -0.39 is 0 Å². The topological polar surface area (TPSA) is 12.0 Å². The third-order valence-electron chi connectivity index (χ3n) is 3.77. The minimum Gasteiger partial charge on any atom is -0.306 e. The first-order valence-electron chi connectivity index (χ1n) is 6.41. The molecule has 1 aromatic carbocycles. The van der Waals surface area contributed by atoms with Crippen LogP contribution in [0, 0.1) is 5.82 Å². The van der Waals surface area contributed by atoms with Crippen LogP contribution in [0.4, 0.5) is 4.39 Å². The van der Waals surface area contributed by atoms with Gasteiger partial charge in [-0.15, -0.1) is 11.6 Å². The molecule has 0 heterocycles. The summed E-state index contributed by atoms with van der Waals surface area (Å²) in [5.74, 6) is 0.314. The second-order valence-corrected chi connectivity index (χ2v) is 5.70. The summed E-state index contributed by atoms with van der Waals surface area (Å²) in [6, 6.07) is 4.78. The lowest BCUT2D eigenvalue weighted by Crippen LogP contribution is -2.48. The number of alkyl halides is 1. The van der Waals surface area contributed by atoms with Crippen molar-refractivity contribution >= 4 is 23.2 Å². The highest BCUT2D eigenvalue weighted by atomic mass is 35.5. The predicted octanol–water partition coefficient (Wildman–Crippen LogP) is 4.51. The van der Waals surface area contributed by atoms with E-state index in [1.54, 1.807) is 12.1 Å². The SMILES string of the molecule is Fc1cccc(Cl)c1CNC1(CCl)CCCCC1. The minimum atomic E-state index is -0.254. The molecule has 0 aliphatic heterocycles. The molecule has 0 spiro atoms. The van der Waals surface area contributed by atoms with Gasteiger partial charge in [0.25, 0.3) is 0 Å². The first-order valence-corrected chi connectivity index (χ1v) is 7.32. The Morgan fingerprint density at radius 2 is 1.94 bits per heavy atom. The number of rotatable bonds is 4. The standard InChI is InChI=1S/C14H18Cl2FN/c15-10-14(7-2-1-3-8-14)18-9-11-12(16)5-4-6-13(11)17/h4-6,18H,1-3,7-10H2. The molecule has 1 nitrogen and oxygen atoms in total. The summed E-state index contributed by atoms with van der Waals surface area (Å²) in [4.78, 5) is 0. The van der Waals surface area contributed by atoms with Crippen LogP contribution in [0.15, 0.2) is 18.2 Å². The third kappa shape index (κ3) is 3.17. The van der Waals surface area contributed by atoms with E-state index in [1.165, 1.54) is 25.3 Å². The summed E-state index contributed by atoms with van der Waals surface area (Å²) in [6.45, 7) is 0.443. The zero-order chi connectivity index (χ0) is 13.0. The summed E-state index contributed by atoms with van der Waals surface area (Å²) >= 11 is 12.1. The Morgan fingerprint density at radius 1 is 1.22 bits per heavy atom. The van der Waals surface area contributed by atoms with E-state index in [4.69, 9.17) is 23.2 Å². The Kier molecular flexibility index (Phi) is 4.88. The molecule has 1 fully saturated rings. The molecule has 4 heteroatoms. The maximum atomic E-state index is 13.7. The van der Waals surface area contributed by atoms with Gasteiger partial charge in [-0.25, -0.2) is 4.39 Å². The van der Waals surface area contributed by atoms with E-state index in [0.717, 1.165) is 12.8 Å². The Labute approximate surface area is 118 Å². The molecule has 0 radical (unpaired) electrons. The van der Waals surface area contributed by atoms with Gasteiger partial charge in [0.05, 0.1) is 0 Å². The Balaban J connectivity index is 2.05. The Morgan fingerprint density at radius 3 is 2.56 bits per heavy atom. The van der Waals surface area contributed by atoms with Gasteiger partial charge in [0, 0.05) is 28.5 Å². The van der Waals surface area contributed by atoms with E-state index in [-0.39, 0.29) is 11.4 Å². The highest BCUT2D eigenvalue weighted by Crippen LogP contribution is 2.30. The van der Waals surface area contributed by atoms with E-state index in [2.05, 4.69) is 5.32 Å². The molecule has 0 amide bonds. The van der Waals surface area contributed by atoms with Crippen molar-refractivity contribution in [3.8, 4) is 0 Å². The van der Waals surface area contributed by atoms with E-state index >= 15 is 0 Å². The van der Waals surface area contributed by atoms with Gasteiger partial charge < -0.3 is 5.32 Å². The van der Waals surface area contributed by atoms with Crippen molar-refractivity contribution in [1.82, 2.24) is 5.32 Å². The van der Waals surface area contributed by atoms with E-state index in [0.29, 0.717) is 23.0 Å². The third-order valence-corrected chi connectivity index (χ3v) is 4.63.